The summed E-state index contributed by atoms with van der Waals surface area (Å²) >= 11 is 0. The molecule has 0 aliphatic rings. The molecule has 3 rings (SSSR count). The molecule has 1 heterocycles. The number of nitrogens with zero attached hydrogens (tertiary/aromatic N) is 1. The second-order valence-corrected chi connectivity index (χ2v) is 5.15. The first-order chi connectivity index (χ1) is 12.0. The quantitative estimate of drug-likeness (QED) is 0.734. The number of hydrogen-bond acceptors (Lipinski definition) is 3. The van der Waals surface area contributed by atoms with Crippen LogP contribution in [0.4, 0.5) is 30.4 Å². The molecule has 0 radical (unpaired) electrons. The number of benzene rings is 2. The maximum atomic E-state index is 13.2. The van der Waals surface area contributed by atoms with Crippen LogP contribution in [0.5, 0.6) is 0 Å². The summed E-state index contributed by atoms with van der Waals surface area (Å²) in [5.74, 6) is -2.63. The third-order valence-corrected chi connectivity index (χ3v) is 3.30. The Balaban J connectivity index is 1.67. The third-order valence-electron chi connectivity index (χ3n) is 3.30. The SMILES string of the molecule is O=C(Nc1ccc(Nc2cccc(F)c2)nc1)c1ccc(F)c(F)c1. The van der Waals surface area contributed by atoms with Gasteiger partial charge in [0.15, 0.2) is 11.6 Å². The zero-order chi connectivity index (χ0) is 17.8. The molecule has 0 aliphatic heterocycles. The predicted octanol–water partition coefficient (Wildman–Crippen LogP) is 4.49. The van der Waals surface area contributed by atoms with E-state index >= 15 is 0 Å². The van der Waals surface area contributed by atoms with E-state index in [4.69, 9.17) is 0 Å². The second kappa shape index (κ2) is 7.04. The summed E-state index contributed by atoms with van der Waals surface area (Å²) < 4.78 is 39.2. The van der Waals surface area contributed by atoms with Crippen LogP contribution in [0.25, 0.3) is 0 Å². The molecule has 0 spiro atoms. The molecule has 2 N–H and O–H groups in total. The van der Waals surface area contributed by atoms with Gasteiger partial charge in [-0.2, -0.15) is 0 Å². The summed E-state index contributed by atoms with van der Waals surface area (Å²) in [5, 5.41) is 5.44. The van der Waals surface area contributed by atoms with Crippen LogP contribution in [0.2, 0.25) is 0 Å². The number of rotatable bonds is 4. The normalized spacial score (nSPS) is 10.4. The van der Waals surface area contributed by atoms with Crippen molar-refractivity contribution < 1.29 is 18.0 Å². The lowest BCUT2D eigenvalue weighted by molar-refractivity contribution is 0.102. The number of carbonyl (C=O) groups is 1. The number of amides is 1. The van der Waals surface area contributed by atoms with Crippen molar-refractivity contribution in [2.45, 2.75) is 0 Å². The minimum absolute atomic E-state index is 0.0131. The summed E-state index contributed by atoms with van der Waals surface area (Å²) in [6.07, 6.45) is 1.39. The molecule has 7 heteroatoms. The van der Waals surface area contributed by atoms with Gasteiger partial charge in [-0.05, 0) is 48.5 Å². The summed E-state index contributed by atoms with van der Waals surface area (Å²) in [5.41, 5.74) is 0.895. The molecule has 0 aliphatic carbocycles. The minimum atomic E-state index is -1.10. The molecular weight excluding hydrogens is 331 g/mol. The van der Waals surface area contributed by atoms with Gasteiger partial charge < -0.3 is 10.6 Å². The molecule has 1 aromatic heterocycles. The van der Waals surface area contributed by atoms with Crippen LogP contribution in [0, 0.1) is 17.5 Å². The molecule has 0 saturated carbocycles. The molecule has 126 valence electrons. The summed E-state index contributed by atoms with van der Waals surface area (Å²) in [7, 11) is 0. The topological polar surface area (TPSA) is 54.0 Å². The van der Waals surface area contributed by atoms with E-state index in [1.165, 1.54) is 24.4 Å². The maximum Gasteiger partial charge on any atom is 0.255 e. The van der Waals surface area contributed by atoms with Crippen LogP contribution >= 0.6 is 0 Å². The summed E-state index contributed by atoms with van der Waals surface area (Å²) in [6, 6.07) is 11.9. The van der Waals surface area contributed by atoms with Crippen molar-refractivity contribution in [1.82, 2.24) is 4.98 Å². The number of nitrogens with one attached hydrogen (secondary N) is 2. The van der Waals surface area contributed by atoms with Gasteiger partial charge in [0, 0.05) is 11.3 Å². The highest BCUT2D eigenvalue weighted by Crippen LogP contribution is 2.18. The van der Waals surface area contributed by atoms with Gasteiger partial charge in [-0.25, -0.2) is 18.2 Å². The van der Waals surface area contributed by atoms with E-state index < -0.39 is 17.5 Å². The van der Waals surface area contributed by atoms with E-state index in [1.807, 2.05) is 0 Å². The van der Waals surface area contributed by atoms with Gasteiger partial charge >= 0.3 is 0 Å². The monoisotopic (exact) mass is 343 g/mol. The van der Waals surface area contributed by atoms with Crippen LogP contribution in [0.3, 0.4) is 0 Å². The smallest absolute Gasteiger partial charge is 0.255 e. The van der Waals surface area contributed by atoms with E-state index in [9.17, 15) is 18.0 Å². The lowest BCUT2D eigenvalue weighted by atomic mass is 10.2. The lowest BCUT2D eigenvalue weighted by Gasteiger charge is -2.08. The first-order valence-electron chi connectivity index (χ1n) is 7.26. The number of carbonyl (C=O) groups excluding carboxylic acids is 1. The largest absolute Gasteiger partial charge is 0.340 e. The number of hydrogen-bond donors (Lipinski definition) is 2. The fraction of sp³-hybridized carbons (Fsp3) is 0. The molecule has 3 aromatic rings. The maximum absolute atomic E-state index is 13.2. The van der Waals surface area contributed by atoms with Crippen molar-refractivity contribution in [2.24, 2.45) is 0 Å². The summed E-state index contributed by atoms with van der Waals surface area (Å²) in [4.78, 5) is 16.1. The van der Waals surface area contributed by atoms with E-state index in [0.717, 1.165) is 12.1 Å². The van der Waals surface area contributed by atoms with E-state index in [-0.39, 0.29) is 11.4 Å². The van der Waals surface area contributed by atoms with Gasteiger partial charge in [-0.3, -0.25) is 4.79 Å². The Morgan fingerprint density at radius 3 is 2.40 bits per heavy atom. The molecule has 0 fully saturated rings. The minimum Gasteiger partial charge on any atom is -0.340 e. The fourth-order valence-corrected chi connectivity index (χ4v) is 2.10. The lowest BCUT2D eigenvalue weighted by Crippen LogP contribution is -2.12. The Hall–Kier alpha value is -3.35. The standard InChI is InChI=1S/C18H12F3N3O/c19-12-2-1-3-13(9-12)23-17-7-5-14(10-22-17)24-18(25)11-4-6-15(20)16(21)8-11/h1-10H,(H,22,23)(H,24,25). The molecular formula is C18H12F3N3O. The molecule has 0 bridgehead atoms. The first kappa shape index (κ1) is 16.5. The Morgan fingerprint density at radius 2 is 1.72 bits per heavy atom. The zero-order valence-corrected chi connectivity index (χ0v) is 12.8. The van der Waals surface area contributed by atoms with Gasteiger partial charge in [0.25, 0.3) is 5.91 Å². The number of pyridine rings is 1. The molecule has 0 atom stereocenters. The molecule has 2 aromatic carbocycles. The van der Waals surface area contributed by atoms with Crippen LogP contribution in [-0.2, 0) is 0 Å². The van der Waals surface area contributed by atoms with Crippen molar-refractivity contribution in [3.63, 3.8) is 0 Å². The first-order valence-corrected chi connectivity index (χ1v) is 7.26. The van der Waals surface area contributed by atoms with Crippen molar-refractivity contribution in [3.8, 4) is 0 Å². The van der Waals surface area contributed by atoms with Crippen LogP contribution < -0.4 is 10.6 Å². The van der Waals surface area contributed by atoms with Gasteiger partial charge in [0.1, 0.15) is 11.6 Å². The van der Waals surface area contributed by atoms with Crippen LogP contribution in [0.15, 0.2) is 60.8 Å². The highest BCUT2D eigenvalue weighted by Gasteiger charge is 2.10. The highest BCUT2D eigenvalue weighted by atomic mass is 19.2. The Labute approximate surface area is 141 Å². The number of halogens is 3. The third kappa shape index (κ3) is 4.14. The second-order valence-electron chi connectivity index (χ2n) is 5.15. The van der Waals surface area contributed by atoms with Crippen molar-refractivity contribution in [1.29, 1.82) is 0 Å². The van der Waals surface area contributed by atoms with Crippen molar-refractivity contribution in [2.75, 3.05) is 10.6 Å². The molecule has 1 amide bonds. The zero-order valence-electron chi connectivity index (χ0n) is 12.8. The highest BCUT2D eigenvalue weighted by molar-refractivity contribution is 6.04. The Bertz CT molecular complexity index is 914. The molecule has 0 saturated heterocycles. The fourth-order valence-electron chi connectivity index (χ4n) is 2.10. The Kier molecular flexibility index (Phi) is 4.65. The van der Waals surface area contributed by atoms with Gasteiger partial charge in [-0.1, -0.05) is 6.07 Å². The number of aromatic nitrogens is 1. The van der Waals surface area contributed by atoms with Gasteiger partial charge in [0.2, 0.25) is 0 Å². The summed E-state index contributed by atoms with van der Waals surface area (Å²) in [6.45, 7) is 0. The van der Waals surface area contributed by atoms with Gasteiger partial charge in [-0.15, -0.1) is 0 Å². The van der Waals surface area contributed by atoms with E-state index in [2.05, 4.69) is 15.6 Å². The van der Waals surface area contributed by atoms with Crippen LogP contribution in [0.1, 0.15) is 10.4 Å². The molecule has 25 heavy (non-hydrogen) atoms. The predicted molar refractivity (Wildman–Crippen MR) is 88.2 cm³/mol. The van der Waals surface area contributed by atoms with Crippen molar-refractivity contribution in [3.05, 3.63) is 83.8 Å². The van der Waals surface area contributed by atoms with E-state index in [1.54, 1.807) is 24.3 Å². The average Bonchev–Trinajstić information content (AvgIpc) is 2.59. The van der Waals surface area contributed by atoms with Gasteiger partial charge in [0.05, 0.1) is 11.9 Å². The number of anilines is 3. The Morgan fingerprint density at radius 1 is 0.880 bits per heavy atom. The average molecular weight is 343 g/mol. The molecule has 0 unspecified atom stereocenters. The van der Waals surface area contributed by atoms with Crippen LogP contribution in [-0.4, -0.2) is 10.9 Å². The van der Waals surface area contributed by atoms with E-state index in [0.29, 0.717) is 17.2 Å². The molecule has 4 nitrogen and oxygen atoms in total. The van der Waals surface area contributed by atoms with Crippen molar-refractivity contribution >= 4 is 23.1 Å².